The number of hydrogen-bond acceptors (Lipinski definition) is 6. The van der Waals surface area contributed by atoms with E-state index < -0.39 is 24.3 Å². The van der Waals surface area contributed by atoms with E-state index in [-0.39, 0.29) is 17.2 Å². The summed E-state index contributed by atoms with van der Waals surface area (Å²) in [5.74, 6) is -0.591. The molecule has 1 aliphatic rings. The molecule has 1 aliphatic heterocycles. The number of aryl methyl sites for hydroxylation is 1. The van der Waals surface area contributed by atoms with Crippen LogP contribution in [-0.4, -0.2) is 47.3 Å². The van der Waals surface area contributed by atoms with Gasteiger partial charge in [-0.2, -0.15) is 4.99 Å². The van der Waals surface area contributed by atoms with Gasteiger partial charge in [-0.05, 0) is 56.1 Å². The van der Waals surface area contributed by atoms with Crippen LogP contribution in [-0.2, 0) is 15.9 Å². The zero-order valence-electron chi connectivity index (χ0n) is 19.3. The van der Waals surface area contributed by atoms with Gasteiger partial charge in [0.1, 0.15) is 17.4 Å². The van der Waals surface area contributed by atoms with E-state index in [4.69, 9.17) is 9.47 Å². The molecule has 1 aromatic rings. The van der Waals surface area contributed by atoms with Crippen LogP contribution in [0.25, 0.3) is 0 Å². The number of unbranched alkanes of at least 4 members (excludes halogenated alkanes) is 2. The first-order valence-electron chi connectivity index (χ1n) is 11.8. The third-order valence-electron chi connectivity index (χ3n) is 5.91. The number of phenols is 1. The lowest BCUT2D eigenvalue weighted by molar-refractivity contribution is 0.00257. The molecule has 3 atom stereocenters. The van der Waals surface area contributed by atoms with Crippen LogP contribution >= 0.6 is 0 Å². The van der Waals surface area contributed by atoms with E-state index in [1.807, 2.05) is 13.0 Å². The Labute approximate surface area is 190 Å². The lowest BCUT2D eigenvalue weighted by Gasteiger charge is -2.25. The van der Waals surface area contributed by atoms with Crippen molar-refractivity contribution in [3.63, 3.8) is 0 Å². The average molecular weight is 448 g/mol. The number of carbonyl (C=O) groups is 2. The van der Waals surface area contributed by atoms with E-state index in [2.05, 4.69) is 11.9 Å². The van der Waals surface area contributed by atoms with Crippen LogP contribution in [0.15, 0.2) is 23.2 Å². The van der Waals surface area contributed by atoms with E-state index >= 15 is 0 Å². The highest BCUT2D eigenvalue weighted by molar-refractivity contribution is 5.94. The Morgan fingerprint density at radius 1 is 1.31 bits per heavy atom. The average Bonchev–Trinajstić information content (AvgIpc) is 2.76. The summed E-state index contributed by atoms with van der Waals surface area (Å²) in [6.45, 7) is 4.44. The molecule has 1 heterocycles. The Morgan fingerprint density at radius 3 is 2.91 bits per heavy atom. The molecule has 1 amide bonds. The smallest absolute Gasteiger partial charge is 0.433 e. The third-order valence-corrected chi connectivity index (χ3v) is 5.91. The normalized spacial score (nSPS) is 22.5. The second kappa shape index (κ2) is 13.9. The molecule has 7 heteroatoms. The Hall–Kier alpha value is -2.41. The van der Waals surface area contributed by atoms with Crippen molar-refractivity contribution < 1.29 is 29.3 Å². The number of aliphatic imine (C=N–C) groups is 1. The number of nitrogens with zero attached hydrogens (tertiary/aromatic N) is 1. The van der Waals surface area contributed by atoms with Crippen molar-refractivity contribution in [1.82, 2.24) is 0 Å². The van der Waals surface area contributed by atoms with Gasteiger partial charge in [-0.15, -0.1) is 0 Å². The molecule has 0 fully saturated rings. The van der Waals surface area contributed by atoms with Gasteiger partial charge in [0, 0.05) is 12.6 Å². The summed E-state index contributed by atoms with van der Waals surface area (Å²) in [7, 11) is 0. The van der Waals surface area contributed by atoms with Gasteiger partial charge in [0.2, 0.25) is 0 Å². The van der Waals surface area contributed by atoms with Crippen molar-refractivity contribution in [2.24, 2.45) is 10.9 Å². The highest BCUT2D eigenvalue weighted by atomic mass is 16.5. The standard InChI is InChI=1S/C25H37NO6/c1-3-4-7-16-31-25(30)26-15-9-13-20-17-22(28)18(2)10-5-6-11-19-12-8-14-21(27)23(19)24(29)32-20/h8,12,14-15,18,20,22,27-28H,3-7,9-11,13,16-17H2,1-2H3. The molecular weight excluding hydrogens is 410 g/mol. The first-order chi connectivity index (χ1) is 15.4. The summed E-state index contributed by atoms with van der Waals surface area (Å²) in [6.07, 6.45) is 7.01. The minimum atomic E-state index is -0.621. The molecule has 0 spiro atoms. The zero-order valence-corrected chi connectivity index (χ0v) is 19.3. The molecule has 0 saturated carbocycles. The lowest BCUT2D eigenvalue weighted by Crippen LogP contribution is -2.29. The molecule has 0 aromatic heterocycles. The lowest BCUT2D eigenvalue weighted by atomic mass is 9.91. The first-order valence-corrected chi connectivity index (χ1v) is 11.8. The number of amides is 1. The molecule has 2 rings (SSSR count). The largest absolute Gasteiger partial charge is 0.507 e. The zero-order chi connectivity index (χ0) is 23.3. The van der Waals surface area contributed by atoms with E-state index in [0.29, 0.717) is 32.3 Å². The second-order valence-electron chi connectivity index (χ2n) is 8.58. The van der Waals surface area contributed by atoms with Gasteiger partial charge >= 0.3 is 12.1 Å². The van der Waals surface area contributed by atoms with Crippen LogP contribution in [0.3, 0.4) is 0 Å². The van der Waals surface area contributed by atoms with Gasteiger partial charge in [0.25, 0.3) is 0 Å². The number of benzene rings is 1. The van der Waals surface area contributed by atoms with E-state index in [1.54, 1.807) is 6.07 Å². The number of aromatic hydroxyl groups is 1. The van der Waals surface area contributed by atoms with Crippen LogP contribution in [0.4, 0.5) is 4.79 Å². The summed E-state index contributed by atoms with van der Waals surface area (Å²) in [5, 5.41) is 20.9. The number of phenolic OH excluding ortho intramolecular Hbond substituents is 1. The number of aliphatic hydroxyl groups excluding tert-OH is 1. The Bertz CT molecular complexity index is 763. The first kappa shape index (κ1) is 25.8. The minimum Gasteiger partial charge on any atom is -0.507 e. The molecular formula is C25H37NO6. The monoisotopic (exact) mass is 447 g/mol. The van der Waals surface area contributed by atoms with Crippen molar-refractivity contribution in [3.05, 3.63) is 29.3 Å². The predicted octanol–water partition coefficient (Wildman–Crippen LogP) is 5.21. The number of fused-ring (bicyclic) bond motifs is 1. The van der Waals surface area contributed by atoms with Gasteiger partial charge in [0.15, 0.2) is 0 Å². The number of aliphatic hydroxyl groups is 1. The number of cyclic esters (lactones) is 1. The number of hydrogen-bond donors (Lipinski definition) is 2. The summed E-state index contributed by atoms with van der Waals surface area (Å²) >= 11 is 0. The Balaban J connectivity index is 2.02. The van der Waals surface area contributed by atoms with Crippen LogP contribution in [0.5, 0.6) is 5.75 Å². The SMILES string of the molecule is CCCCCOC(=O)N=CCCC1CC(O)C(C)CCCCc2cccc(O)c2C(=O)O1. The van der Waals surface area contributed by atoms with Crippen LogP contribution in [0, 0.1) is 5.92 Å². The molecule has 2 N–H and O–H groups in total. The molecule has 0 radical (unpaired) electrons. The molecule has 0 saturated heterocycles. The third kappa shape index (κ3) is 8.61. The van der Waals surface area contributed by atoms with Gasteiger partial charge < -0.3 is 19.7 Å². The summed E-state index contributed by atoms with van der Waals surface area (Å²) in [6, 6.07) is 5.06. The number of carbonyl (C=O) groups excluding carboxylic acids is 2. The number of esters is 1. The Kier molecular flexibility index (Phi) is 11.2. The van der Waals surface area contributed by atoms with E-state index in [9.17, 15) is 19.8 Å². The van der Waals surface area contributed by atoms with E-state index in [0.717, 1.165) is 44.1 Å². The van der Waals surface area contributed by atoms with Crippen LogP contribution in [0.2, 0.25) is 0 Å². The highest BCUT2D eigenvalue weighted by Crippen LogP contribution is 2.28. The molecule has 7 nitrogen and oxygen atoms in total. The fourth-order valence-electron chi connectivity index (χ4n) is 3.89. The maximum absolute atomic E-state index is 12.9. The molecule has 0 bridgehead atoms. The van der Waals surface area contributed by atoms with Crippen molar-refractivity contribution in [2.75, 3.05) is 6.61 Å². The van der Waals surface area contributed by atoms with Crippen molar-refractivity contribution in [2.45, 2.75) is 90.3 Å². The summed E-state index contributed by atoms with van der Waals surface area (Å²) < 4.78 is 10.8. The fraction of sp³-hybridized carbons (Fsp3) is 0.640. The summed E-state index contributed by atoms with van der Waals surface area (Å²) in [4.78, 5) is 28.3. The molecule has 178 valence electrons. The number of ether oxygens (including phenoxy) is 2. The summed E-state index contributed by atoms with van der Waals surface area (Å²) in [5.41, 5.74) is 0.972. The van der Waals surface area contributed by atoms with Crippen molar-refractivity contribution >= 4 is 18.3 Å². The topological polar surface area (TPSA) is 105 Å². The van der Waals surface area contributed by atoms with Gasteiger partial charge in [-0.3, -0.25) is 0 Å². The van der Waals surface area contributed by atoms with Crippen LogP contribution < -0.4 is 0 Å². The predicted molar refractivity (Wildman–Crippen MR) is 123 cm³/mol. The maximum Gasteiger partial charge on any atom is 0.433 e. The molecule has 1 aromatic carbocycles. The van der Waals surface area contributed by atoms with Gasteiger partial charge in [-0.1, -0.05) is 45.2 Å². The van der Waals surface area contributed by atoms with Crippen LogP contribution in [0.1, 0.15) is 87.6 Å². The highest BCUT2D eigenvalue weighted by Gasteiger charge is 2.26. The fourth-order valence-corrected chi connectivity index (χ4v) is 3.89. The maximum atomic E-state index is 12.9. The quantitative estimate of drug-likeness (QED) is 0.338. The van der Waals surface area contributed by atoms with Gasteiger partial charge in [0.05, 0.1) is 12.7 Å². The van der Waals surface area contributed by atoms with Crippen molar-refractivity contribution in [3.8, 4) is 5.75 Å². The number of rotatable bonds is 7. The molecule has 32 heavy (non-hydrogen) atoms. The second-order valence-corrected chi connectivity index (χ2v) is 8.58. The Morgan fingerprint density at radius 2 is 2.12 bits per heavy atom. The molecule has 3 unspecified atom stereocenters. The minimum absolute atomic E-state index is 0.0889. The molecule has 0 aliphatic carbocycles. The van der Waals surface area contributed by atoms with Crippen molar-refractivity contribution in [1.29, 1.82) is 0 Å². The van der Waals surface area contributed by atoms with Gasteiger partial charge in [-0.25, -0.2) is 9.59 Å². The van der Waals surface area contributed by atoms with E-state index in [1.165, 1.54) is 12.3 Å².